The Morgan fingerprint density at radius 2 is 1.96 bits per heavy atom. The summed E-state index contributed by atoms with van der Waals surface area (Å²) in [5.41, 5.74) is 9.43. The fourth-order valence-corrected chi connectivity index (χ4v) is 4.31. The maximum atomic E-state index is 12.5. The third-order valence-corrected chi connectivity index (χ3v) is 5.78. The topological polar surface area (TPSA) is 75.4 Å². The quantitative estimate of drug-likeness (QED) is 0.821. The van der Waals surface area contributed by atoms with Gasteiger partial charge in [0.1, 0.15) is 0 Å². The molecule has 1 saturated heterocycles. The molecule has 2 amide bonds. The number of likely N-dealkylation sites (tertiary alicyclic amines) is 1. The van der Waals surface area contributed by atoms with Crippen molar-refractivity contribution in [2.75, 3.05) is 13.1 Å². The lowest BCUT2D eigenvalue weighted by Gasteiger charge is -2.34. The van der Waals surface area contributed by atoms with Crippen LogP contribution in [0.1, 0.15) is 68.2 Å². The number of piperidine rings is 1. The number of nitrogens with two attached hydrogens (primary N) is 1. The van der Waals surface area contributed by atoms with Crippen LogP contribution in [0.25, 0.3) is 0 Å². The first-order chi connectivity index (χ1) is 12.5. The molecular weight excluding hydrogens is 326 g/mol. The molecule has 5 heteroatoms. The number of nitrogens with zero attached hydrogens (tertiary/aromatic N) is 1. The first kappa shape index (κ1) is 18.9. The summed E-state index contributed by atoms with van der Waals surface area (Å²) in [6.07, 6.45) is 8.31. The maximum Gasteiger partial charge on any atom is 0.234 e. The highest BCUT2D eigenvalue weighted by atomic mass is 16.2. The number of benzene rings is 1. The molecule has 142 valence electrons. The summed E-state index contributed by atoms with van der Waals surface area (Å²) < 4.78 is 0. The summed E-state index contributed by atoms with van der Waals surface area (Å²) in [6, 6.07) is 6.72. The monoisotopic (exact) mass is 357 g/mol. The Kier molecular flexibility index (Phi) is 6.30. The Morgan fingerprint density at radius 3 is 2.73 bits per heavy atom. The SMILES string of the molecule is CC(NC(=O)CN1CCCCC1CC(N)=O)c1ccc2c(c1)CCCC2. The summed E-state index contributed by atoms with van der Waals surface area (Å²) in [5.74, 6) is -0.267. The molecule has 1 fully saturated rings. The van der Waals surface area contributed by atoms with Gasteiger partial charge < -0.3 is 11.1 Å². The third-order valence-electron chi connectivity index (χ3n) is 5.78. The second-order valence-corrected chi connectivity index (χ2v) is 7.81. The van der Waals surface area contributed by atoms with Gasteiger partial charge in [0, 0.05) is 12.5 Å². The number of nitrogens with one attached hydrogen (secondary N) is 1. The van der Waals surface area contributed by atoms with E-state index >= 15 is 0 Å². The van der Waals surface area contributed by atoms with Crippen molar-refractivity contribution in [3.05, 3.63) is 34.9 Å². The normalized spacial score (nSPS) is 21.7. The van der Waals surface area contributed by atoms with E-state index in [4.69, 9.17) is 5.73 Å². The molecule has 0 aromatic heterocycles. The molecule has 0 spiro atoms. The molecule has 5 nitrogen and oxygen atoms in total. The van der Waals surface area contributed by atoms with Gasteiger partial charge in [0.2, 0.25) is 11.8 Å². The molecule has 3 N–H and O–H groups in total. The zero-order chi connectivity index (χ0) is 18.5. The smallest absolute Gasteiger partial charge is 0.234 e. The van der Waals surface area contributed by atoms with E-state index in [2.05, 4.69) is 28.4 Å². The van der Waals surface area contributed by atoms with Gasteiger partial charge in [-0.05, 0) is 68.7 Å². The highest BCUT2D eigenvalue weighted by Crippen LogP contribution is 2.25. The number of carbonyl (C=O) groups is 2. The molecule has 1 aromatic rings. The van der Waals surface area contributed by atoms with Crippen molar-refractivity contribution in [1.29, 1.82) is 0 Å². The minimum atomic E-state index is -0.287. The van der Waals surface area contributed by atoms with E-state index in [1.165, 1.54) is 36.0 Å². The van der Waals surface area contributed by atoms with Crippen molar-refractivity contribution < 1.29 is 9.59 Å². The predicted molar refractivity (Wildman–Crippen MR) is 103 cm³/mol. The molecule has 1 heterocycles. The van der Waals surface area contributed by atoms with Crippen LogP contribution in [0.4, 0.5) is 0 Å². The van der Waals surface area contributed by atoms with E-state index in [0.717, 1.165) is 32.2 Å². The van der Waals surface area contributed by atoms with Gasteiger partial charge in [-0.15, -0.1) is 0 Å². The fraction of sp³-hybridized carbons (Fsp3) is 0.619. The van der Waals surface area contributed by atoms with E-state index in [1.54, 1.807) is 0 Å². The Bertz CT molecular complexity index is 659. The molecule has 2 aliphatic rings. The Morgan fingerprint density at radius 1 is 1.19 bits per heavy atom. The van der Waals surface area contributed by atoms with Crippen LogP contribution in [-0.2, 0) is 22.4 Å². The zero-order valence-electron chi connectivity index (χ0n) is 15.8. The minimum absolute atomic E-state index is 0.00546. The number of hydrogen-bond acceptors (Lipinski definition) is 3. The molecule has 0 saturated carbocycles. The second kappa shape index (κ2) is 8.67. The highest BCUT2D eigenvalue weighted by Gasteiger charge is 2.26. The predicted octanol–water partition coefficient (Wildman–Crippen LogP) is 2.47. The van der Waals surface area contributed by atoms with Crippen LogP contribution in [0, 0.1) is 0 Å². The fourth-order valence-electron chi connectivity index (χ4n) is 4.31. The number of hydrogen-bond donors (Lipinski definition) is 2. The van der Waals surface area contributed by atoms with E-state index in [1.807, 2.05) is 6.92 Å². The van der Waals surface area contributed by atoms with Gasteiger partial charge in [0.05, 0.1) is 12.6 Å². The Hall–Kier alpha value is -1.88. The average Bonchev–Trinajstić information content (AvgIpc) is 2.62. The van der Waals surface area contributed by atoms with Crippen molar-refractivity contribution in [1.82, 2.24) is 10.2 Å². The summed E-state index contributed by atoms with van der Waals surface area (Å²) >= 11 is 0. The van der Waals surface area contributed by atoms with E-state index in [0.29, 0.717) is 13.0 Å². The molecule has 2 atom stereocenters. The molecule has 1 aromatic carbocycles. The van der Waals surface area contributed by atoms with Gasteiger partial charge in [-0.2, -0.15) is 0 Å². The zero-order valence-corrected chi connectivity index (χ0v) is 15.8. The van der Waals surface area contributed by atoms with Gasteiger partial charge in [-0.25, -0.2) is 0 Å². The van der Waals surface area contributed by atoms with E-state index < -0.39 is 0 Å². The Balaban J connectivity index is 1.57. The molecule has 2 unspecified atom stereocenters. The van der Waals surface area contributed by atoms with Gasteiger partial charge in [-0.1, -0.05) is 24.6 Å². The second-order valence-electron chi connectivity index (χ2n) is 7.81. The van der Waals surface area contributed by atoms with Crippen LogP contribution < -0.4 is 11.1 Å². The van der Waals surface area contributed by atoms with Gasteiger partial charge in [0.15, 0.2) is 0 Å². The van der Waals surface area contributed by atoms with Gasteiger partial charge >= 0.3 is 0 Å². The van der Waals surface area contributed by atoms with Crippen molar-refractivity contribution in [2.45, 2.75) is 70.4 Å². The number of fused-ring (bicyclic) bond motifs is 1. The standard InChI is InChI=1S/C21H31N3O2/c1-15(17-10-9-16-6-2-3-7-18(16)12-17)23-21(26)14-24-11-5-4-8-19(24)13-20(22)25/h9-10,12,15,19H,2-8,11,13-14H2,1H3,(H2,22,25)(H,23,26). The van der Waals surface area contributed by atoms with Crippen molar-refractivity contribution in [3.8, 4) is 0 Å². The van der Waals surface area contributed by atoms with Crippen molar-refractivity contribution in [3.63, 3.8) is 0 Å². The number of primary amides is 1. The lowest BCUT2D eigenvalue weighted by molar-refractivity contribution is -0.125. The molecule has 0 bridgehead atoms. The lowest BCUT2D eigenvalue weighted by atomic mass is 9.89. The summed E-state index contributed by atoms with van der Waals surface area (Å²) in [5, 5.41) is 3.13. The molecule has 3 rings (SSSR count). The summed E-state index contributed by atoms with van der Waals surface area (Å²) in [6.45, 7) is 3.24. The molecule has 26 heavy (non-hydrogen) atoms. The van der Waals surface area contributed by atoms with Crippen LogP contribution in [-0.4, -0.2) is 35.8 Å². The van der Waals surface area contributed by atoms with Crippen LogP contribution >= 0.6 is 0 Å². The minimum Gasteiger partial charge on any atom is -0.370 e. The number of rotatable bonds is 6. The van der Waals surface area contributed by atoms with Crippen molar-refractivity contribution >= 4 is 11.8 Å². The first-order valence-electron chi connectivity index (χ1n) is 9.96. The van der Waals surface area contributed by atoms with Crippen LogP contribution in [0.5, 0.6) is 0 Å². The van der Waals surface area contributed by atoms with Gasteiger partial charge in [0.25, 0.3) is 0 Å². The number of aryl methyl sites for hydroxylation is 2. The molecule has 1 aliphatic heterocycles. The van der Waals surface area contributed by atoms with Crippen molar-refractivity contribution in [2.24, 2.45) is 5.73 Å². The first-order valence-corrected chi connectivity index (χ1v) is 9.96. The van der Waals surface area contributed by atoms with Gasteiger partial charge in [-0.3, -0.25) is 14.5 Å². The van der Waals surface area contributed by atoms with Crippen LogP contribution in [0.2, 0.25) is 0 Å². The number of carbonyl (C=O) groups excluding carboxylic acids is 2. The summed E-state index contributed by atoms with van der Waals surface area (Å²) in [4.78, 5) is 25.9. The highest BCUT2D eigenvalue weighted by molar-refractivity contribution is 5.79. The largest absolute Gasteiger partial charge is 0.370 e. The lowest BCUT2D eigenvalue weighted by Crippen LogP contribution is -2.47. The Labute approximate surface area is 156 Å². The molecule has 0 radical (unpaired) electrons. The maximum absolute atomic E-state index is 12.5. The average molecular weight is 357 g/mol. The third kappa shape index (κ3) is 4.85. The van der Waals surface area contributed by atoms with Crippen LogP contribution in [0.3, 0.4) is 0 Å². The van der Waals surface area contributed by atoms with E-state index in [-0.39, 0.29) is 23.9 Å². The van der Waals surface area contributed by atoms with E-state index in [9.17, 15) is 9.59 Å². The molecular formula is C21H31N3O2. The number of amides is 2. The summed E-state index contributed by atoms with van der Waals surface area (Å²) in [7, 11) is 0. The molecule has 1 aliphatic carbocycles. The van der Waals surface area contributed by atoms with Crippen LogP contribution in [0.15, 0.2) is 18.2 Å².